The molecule has 0 aliphatic carbocycles. The topological polar surface area (TPSA) is 79.4 Å². The van der Waals surface area contributed by atoms with Crippen molar-refractivity contribution in [2.24, 2.45) is 5.10 Å². The summed E-state index contributed by atoms with van der Waals surface area (Å²) in [4.78, 5) is 21.0. The molecule has 0 aliphatic rings. The second kappa shape index (κ2) is 8.75. The Morgan fingerprint density at radius 3 is 2.55 bits per heavy atom. The van der Waals surface area contributed by atoms with E-state index in [0.717, 1.165) is 32.9 Å². The third-order valence-corrected chi connectivity index (χ3v) is 5.23. The van der Waals surface area contributed by atoms with Gasteiger partial charge in [0.25, 0.3) is 17.9 Å². The Balaban J connectivity index is 1.57. The molecule has 0 unspecified atom stereocenters. The maximum Gasteiger partial charge on any atom is 0.296 e. The fourth-order valence-corrected chi connectivity index (χ4v) is 3.70. The average molecular weight is 431 g/mol. The number of fused-ring (bicyclic) bond motifs is 3. The van der Waals surface area contributed by atoms with Crippen LogP contribution in [0.2, 0.25) is 0 Å². The highest BCUT2D eigenvalue weighted by Gasteiger charge is 2.17. The molecule has 0 bridgehead atoms. The van der Waals surface area contributed by atoms with Gasteiger partial charge in [-0.15, -0.1) is 0 Å². The van der Waals surface area contributed by atoms with Crippen LogP contribution in [0.15, 0.2) is 96.6 Å². The number of pyridine rings is 1. The van der Waals surface area contributed by atoms with Crippen LogP contribution >= 0.6 is 0 Å². The van der Waals surface area contributed by atoms with Gasteiger partial charge in [0.2, 0.25) is 0 Å². The number of benzene rings is 3. The SMILES string of the molecule is C=[C+]Oc1ccc(-c2nc(C(=O)N/N=C\c3ccccc3)cc3c2[nH]c2ccccc23)cc1. The van der Waals surface area contributed by atoms with Crippen LogP contribution in [0.4, 0.5) is 0 Å². The number of hydrogen-bond acceptors (Lipinski definition) is 4. The molecule has 0 saturated heterocycles. The summed E-state index contributed by atoms with van der Waals surface area (Å²) in [5, 5.41) is 6.00. The lowest BCUT2D eigenvalue weighted by Gasteiger charge is -2.06. The van der Waals surface area contributed by atoms with Crippen LogP contribution in [0.5, 0.6) is 5.75 Å². The smallest absolute Gasteiger partial charge is 0.296 e. The largest absolute Gasteiger partial charge is 0.353 e. The molecule has 33 heavy (non-hydrogen) atoms. The number of para-hydroxylation sites is 1. The van der Waals surface area contributed by atoms with Gasteiger partial charge in [0, 0.05) is 21.9 Å². The third kappa shape index (κ3) is 4.06. The normalized spacial score (nSPS) is 11.0. The van der Waals surface area contributed by atoms with E-state index in [-0.39, 0.29) is 5.69 Å². The summed E-state index contributed by atoms with van der Waals surface area (Å²) < 4.78 is 5.21. The van der Waals surface area contributed by atoms with Crippen molar-refractivity contribution in [2.45, 2.75) is 0 Å². The van der Waals surface area contributed by atoms with E-state index in [1.54, 1.807) is 24.4 Å². The molecule has 3 aromatic carbocycles. The Bertz CT molecular complexity index is 1490. The molecule has 1 amide bonds. The predicted molar refractivity (Wildman–Crippen MR) is 130 cm³/mol. The molecule has 158 valence electrons. The highest BCUT2D eigenvalue weighted by atomic mass is 16.5. The zero-order valence-electron chi connectivity index (χ0n) is 17.6. The van der Waals surface area contributed by atoms with E-state index < -0.39 is 5.91 Å². The summed E-state index contributed by atoms with van der Waals surface area (Å²) in [6.45, 7) is 3.46. The van der Waals surface area contributed by atoms with E-state index in [4.69, 9.17) is 4.74 Å². The maximum absolute atomic E-state index is 12.9. The van der Waals surface area contributed by atoms with E-state index in [2.05, 4.69) is 33.3 Å². The number of carbonyl (C=O) groups is 1. The molecule has 0 spiro atoms. The fourth-order valence-electron chi connectivity index (χ4n) is 3.70. The lowest BCUT2D eigenvalue weighted by molar-refractivity contribution is 0.0950. The lowest BCUT2D eigenvalue weighted by atomic mass is 10.1. The van der Waals surface area contributed by atoms with Crippen molar-refractivity contribution in [1.29, 1.82) is 0 Å². The Morgan fingerprint density at radius 2 is 1.76 bits per heavy atom. The maximum atomic E-state index is 12.9. The minimum Gasteiger partial charge on any atom is -0.353 e. The van der Waals surface area contributed by atoms with Crippen LogP contribution < -0.4 is 10.2 Å². The number of aromatic amines is 1. The van der Waals surface area contributed by atoms with E-state index in [9.17, 15) is 4.79 Å². The Labute approximate surface area is 190 Å². The van der Waals surface area contributed by atoms with Crippen molar-refractivity contribution in [3.63, 3.8) is 0 Å². The summed E-state index contributed by atoms with van der Waals surface area (Å²) in [5.41, 5.74) is 7.06. The van der Waals surface area contributed by atoms with Crippen LogP contribution in [0.1, 0.15) is 16.1 Å². The zero-order chi connectivity index (χ0) is 22.6. The van der Waals surface area contributed by atoms with Crippen molar-refractivity contribution in [3.8, 4) is 17.0 Å². The average Bonchev–Trinajstić information content (AvgIpc) is 3.23. The van der Waals surface area contributed by atoms with Crippen molar-refractivity contribution < 1.29 is 9.53 Å². The minimum atomic E-state index is -0.392. The minimum absolute atomic E-state index is 0.271. The van der Waals surface area contributed by atoms with Gasteiger partial charge in [0.1, 0.15) is 5.69 Å². The second-order valence-corrected chi connectivity index (χ2v) is 7.33. The summed E-state index contributed by atoms with van der Waals surface area (Å²) in [6, 6.07) is 26.7. The van der Waals surface area contributed by atoms with Gasteiger partial charge in [-0.2, -0.15) is 5.10 Å². The van der Waals surface area contributed by atoms with E-state index in [0.29, 0.717) is 11.4 Å². The number of ether oxygens (including phenoxy) is 1. The Kier molecular flexibility index (Phi) is 5.33. The van der Waals surface area contributed by atoms with E-state index in [1.807, 2.05) is 66.7 Å². The first-order valence-electron chi connectivity index (χ1n) is 10.3. The van der Waals surface area contributed by atoms with Gasteiger partial charge in [0.15, 0.2) is 0 Å². The first-order chi connectivity index (χ1) is 16.2. The molecular weight excluding hydrogens is 412 g/mol. The molecular formula is C27H19N4O2+. The number of nitrogens with one attached hydrogen (secondary N) is 2. The highest BCUT2D eigenvalue weighted by Crippen LogP contribution is 2.33. The van der Waals surface area contributed by atoms with Crippen molar-refractivity contribution in [2.75, 3.05) is 0 Å². The standard InChI is InChI=1S/C27H18N4O2/c1-2-33-20-14-12-19(13-15-20)25-26-22(21-10-6-7-11-23(21)29-26)16-24(30-25)27(32)31-28-17-18-8-4-3-5-9-18/h3-17H,1H2,(H-,29,30,31,32)/p+1/b28-17-. The number of nitrogens with zero attached hydrogens (tertiary/aromatic N) is 2. The third-order valence-electron chi connectivity index (χ3n) is 5.23. The molecule has 0 aliphatic heterocycles. The monoisotopic (exact) mass is 431 g/mol. The van der Waals surface area contributed by atoms with E-state index in [1.165, 1.54) is 0 Å². The van der Waals surface area contributed by atoms with Crippen molar-refractivity contribution in [3.05, 3.63) is 109 Å². The van der Waals surface area contributed by atoms with Crippen LogP contribution in [-0.2, 0) is 0 Å². The van der Waals surface area contributed by atoms with Crippen LogP contribution in [0.25, 0.3) is 33.1 Å². The van der Waals surface area contributed by atoms with Gasteiger partial charge in [-0.1, -0.05) is 48.5 Å². The molecule has 6 nitrogen and oxygen atoms in total. The number of carbonyl (C=O) groups excluding carboxylic acids is 1. The first kappa shape index (κ1) is 20.1. The summed E-state index contributed by atoms with van der Waals surface area (Å²) in [6.07, 6.45) is 4.00. The number of rotatable bonds is 6. The highest BCUT2D eigenvalue weighted by molar-refractivity contribution is 6.13. The van der Waals surface area contributed by atoms with Crippen LogP contribution in [-0.4, -0.2) is 22.1 Å². The summed E-state index contributed by atoms with van der Waals surface area (Å²) in [7, 11) is 0. The quantitative estimate of drug-likeness (QED) is 0.162. The molecule has 5 aromatic rings. The molecule has 0 radical (unpaired) electrons. The summed E-state index contributed by atoms with van der Waals surface area (Å²) >= 11 is 0. The molecule has 2 heterocycles. The van der Waals surface area contributed by atoms with Crippen molar-refractivity contribution in [1.82, 2.24) is 15.4 Å². The number of amides is 1. The first-order valence-corrected chi connectivity index (χ1v) is 10.3. The van der Waals surface area contributed by atoms with Gasteiger partial charge in [0.05, 0.1) is 36.1 Å². The summed E-state index contributed by atoms with van der Waals surface area (Å²) in [5.74, 6) is 0.225. The molecule has 0 saturated carbocycles. The van der Waals surface area contributed by atoms with Gasteiger partial charge in [-0.25, -0.2) is 15.1 Å². The lowest BCUT2D eigenvalue weighted by Crippen LogP contribution is -2.19. The van der Waals surface area contributed by atoms with E-state index >= 15 is 0 Å². The number of aromatic nitrogens is 2. The molecule has 0 atom stereocenters. The molecule has 5 rings (SSSR count). The Morgan fingerprint density at radius 1 is 1.00 bits per heavy atom. The Hall–Kier alpha value is -4.80. The zero-order valence-corrected chi connectivity index (χ0v) is 17.6. The van der Waals surface area contributed by atoms with Crippen LogP contribution in [0.3, 0.4) is 0 Å². The van der Waals surface area contributed by atoms with Gasteiger partial charge in [-0.05, 0) is 29.8 Å². The predicted octanol–water partition coefficient (Wildman–Crippen LogP) is 5.47. The van der Waals surface area contributed by atoms with Gasteiger partial charge < -0.3 is 4.98 Å². The second-order valence-electron chi connectivity index (χ2n) is 7.33. The number of hydrazone groups is 1. The molecule has 2 N–H and O–H groups in total. The van der Waals surface area contributed by atoms with Gasteiger partial charge >= 0.3 is 0 Å². The molecule has 6 heteroatoms. The molecule has 2 aromatic heterocycles. The van der Waals surface area contributed by atoms with Crippen molar-refractivity contribution >= 4 is 33.9 Å². The fraction of sp³-hybridized carbons (Fsp3) is 0. The number of H-pyrrole nitrogens is 1. The van der Waals surface area contributed by atoms with Crippen LogP contribution in [0, 0.1) is 6.26 Å². The van der Waals surface area contributed by atoms with Gasteiger partial charge in [-0.3, -0.25) is 4.79 Å². The number of hydrogen-bond donors (Lipinski definition) is 2. The molecule has 0 fully saturated rings.